The number of methoxy groups -OCH3 is 1. The van der Waals surface area contributed by atoms with E-state index in [2.05, 4.69) is 15.8 Å². The van der Waals surface area contributed by atoms with Crippen LogP contribution in [-0.2, 0) is 0 Å². The van der Waals surface area contributed by atoms with Crippen LogP contribution in [0.4, 0.5) is 5.69 Å². The number of furan rings is 1. The van der Waals surface area contributed by atoms with Gasteiger partial charge in [0.2, 0.25) is 0 Å². The Kier molecular flexibility index (Phi) is 6.61. The standard InChI is InChI=1S/C26H27N3O7/c1-6-27-25(32)22-21(24(36-29-22)17-10-15(12(2)3)18(30)11-19(17)31)28-26(33)23-13(4)16-9-14(34-5)7-8-20(16)35-23/h7-12,30-31H,6H2,1-5H3,(H,27,32)(H,28,33). The number of benzene rings is 2. The van der Waals surface area contributed by atoms with Crippen molar-refractivity contribution in [1.82, 2.24) is 10.5 Å². The lowest BCUT2D eigenvalue weighted by molar-refractivity contribution is 0.0947. The Labute approximate surface area is 206 Å². The van der Waals surface area contributed by atoms with Gasteiger partial charge in [-0.2, -0.15) is 0 Å². The van der Waals surface area contributed by atoms with Gasteiger partial charge in [-0.1, -0.05) is 19.0 Å². The number of anilines is 1. The van der Waals surface area contributed by atoms with Crippen LogP contribution in [0.25, 0.3) is 22.3 Å². The average molecular weight is 494 g/mol. The van der Waals surface area contributed by atoms with Gasteiger partial charge < -0.3 is 34.5 Å². The summed E-state index contributed by atoms with van der Waals surface area (Å²) in [6.07, 6.45) is 0. The molecule has 0 bridgehead atoms. The fraction of sp³-hybridized carbons (Fsp3) is 0.269. The number of hydrogen-bond acceptors (Lipinski definition) is 8. The Bertz CT molecular complexity index is 1470. The molecule has 0 fully saturated rings. The molecule has 188 valence electrons. The van der Waals surface area contributed by atoms with Gasteiger partial charge in [-0.15, -0.1) is 0 Å². The zero-order chi connectivity index (χ0) is 26.1. The van der Waals surface area contributed by atoms with Crippen molar-refractivity contribution in [2.45, 2.75) is 33.6 Å². The number of hydrogen-bond donors (Lipinski definition) is 4. The lowest BCUT2D eigenvalue weighted by atomic mass is 9.97. The van der Waals surface area contributed by atoms with E-state index in [9.17, 15) is 19.8 Å². The first kappa shape index (κ1) is 24.6. The van der Waals surface area contributed by atoms with E-state index in [1.54, 1.807) is 39.2 Å². The number of aromatic nitrogens is 1. The minimum absolute atomic E-state index is 0.0325. The molecule has 2 aromatic heterocycles. The van der Waals surface area contributed by atoms with Gasteiger partial charge in [0.15, 0.2) is 17.2 Å². The maximum Gasteiger partial charge on any atom is 0.291 e. The van der Waals surface area contributed by atoms with E-state index in [4.69, 9.17) is 13.7 Å². The molecule has 4 N–H and O–H groups in total. The highest BCUT2D eigenvalue weighted by atomic mass is 16.5. The van der Waals surface area contributed by atoms with Gasteiger partial charge in [-0.05, 0) is 49.6 Å². The molecule has 4 rings (SSSR count). The number of ether oxygens (including phenoxy) is 1. The SMILES string of the molecule is CCNC(=O)c1noc(-c2cc(C(C)C)c(O)cc2O)c1NC(=O)c1oc2ccc(OC)cc2c1C. The summed E-state index contributed by atoms with van der Waals surface area (Å²) in [5.74, 6) is -1.09. The second-order valence-electron chi connectivity index (χ2n) is 8.55. The van der Waals surface area contributed by atoms with Crippen molar-refractivity contribution in [2.75, 3.05) is 19.0 Å². The van der Waals surface area contributed by atoms with E-state index in [0.717, 1.165) is 0 Å². The zero-order valence-electron chi connectivity index (χ0n) is 20.6. The van der Waals surface area contributed by atoms with E-state index in [0.29, 0.717) is 34.4 Å². The van der Waals surface area contributed by atoms with Crippen LogP contribution in [0.3, 0.4) is 0 Å². The van der Waals surface area contributed by atoms with Gasteiger partial charge in [0, 0.05) is 23.6 Å². The molecule has 2 amide bonds. The van der Waals surface area contributed by atoms with Crippen LogP contribution in [-0.4, -0.2) is 40.8 Å². The minimum Gasteiger partial charge on any atom is -0.508 e. The summed E-state index contributed by atoms with van der Waals surface area (Å²) in [7, 11) is 1.55. The fourth-order valence-corrected chi connectivity index (χ4v) is 3.94. The molecule has 2 heterocycles. The van der Waals surface area contributed by atoms with Gasteiger partial charge in [0.05, 0.1) is 12.7 Å². The number of nitrogens with zero attached hydrogens (tertiary/aromatic N) is 1. The Morgan fingerprint density at radius 2 is 1.86 bits per heavy atom. The number of aromatic hydroxyl groups is 2. The minimum atomic E-state index is -0.639. The number of nitrogens with one attached hydrogen (secondary N) is 2. The number of carbonyl (C=O) groups is 2. The summed E-state index contributed by atoms with van der Waals surface area (Å²) >= 11 is 0. The van der Waals surface area contributed by atoms with Crippen LogP contribution in [0.5, 0.6) is 17.2 Å². The van der Waals surface area contributed by atoms with E-state index in [-0.39, 0.29) is 45.9 Å². The molecule has 36 heavy (non-hydrogen) atoms. The van der Waals surface area contributed by atoms with Crippen LogP contribution >= 0.6 is 0 Å². The maximum absolute atomic E-state index is 13.3. The predicted molar refractivity (Wildman–Crippen MR) is 133 cm³/mol. The largest absolute Gasteiger partial charge is 0.508 e. The molecule has 2 aromatic carbocycles. The second-order valence-corrected chi connectivity index (χ2v) is 8.55. The third kappa shape index (κ3) is 4.33. The molecule has 0 unspecified atom stereocenters. The first-order chi connectivity index (χ1) is 17.2. The summed E-state index contributed by atoms with van der Waals surface area (Å²) < 4.78 is 16.5. The topological polar surface area (TPSA) is 147 Å². The van der Waals surface area contributed by atoms with Gasteiger partial charge in [-0.3, -0.25) is 9.59 Å². The Morgan fingerprint density at radius 1 is 1.11 bits per heavy atom. The van der Waals surface area contributed by atoms with Crippen molar-refractivity contribution < 1.29 is 33.5 Å². The van der Waals surface area contributed by atoms with E-state index in [1.807, 2.05) is 13.8 Å². The molecule has 4 aromatic rings. The molecular weight excluding hydrogens is 466 g/mol. The van der Waals surface area contributed by atoms with Crippen molar-refractivity contribution in [2.24, 2.45) is 0 Å². The third-order valence-corrected chi connectivity index (χ3v) is 5.84. The lowest BCUT2D eigenvalue weighted by Crippen LogP contribution is -2.25. The Morgan fingerprint density at radius 3 is 2.53 bits per heavy atom. The smallest absolute Gasteiger partial charge is 0.291 e. The number of fused-ring (bicyclic) bond motifs is 1. The van der Waals surface area contributed by atoms with Crippen LogP contribution < -0.4 is 15.4 Å². The summed E-state index contributed by atoms with van der Waals surface area (Å²) in [6.45, 7) is 7.54. The van der Waals surface area contributed by atoms with E-state index >= 15 is 0 Å². The highest BCUT2D eigenvalue weighted by Crippen LogP contribution is 2.42. The zero-order valence-corrected chi connectivity index (χ0v) is 20.6. The molecule has 0 atom stereocenters. The first-order valence-electron chi connectivity index (χ1n) is 11.4. The number of phenolic OH excluding ortho intramolecular Hbond substituents is 2. The third-order valence-electron chi connectivity index (χ3n) is 5.84. The first-order valence-corrected chi connectivity index (χ1v) is 11.4. The van der Waals surface area contributed by atoms with E-state index < -0.39 is 11.8 Å². The molecule has 0 saturated carbocycles. The van der Waals surface area contributed by atoms with Crippen molar-refractivity contribution in [3.63, 3.8) is 0 Å². The summed E-state index contributed by atoms with van der Waals surface area (Å²) in [4.78, 5) is 26.0. The van der Waals surface area contributed by atoms with Crippen LogP contribution in [0.2, 0.25) is 0 Å². The van der Waals surface area contributed by atoms with Gasteiger partial charge >= 0.3 is 0 Å². The molecular formula is C26H27N3O7. The van der Waals surface area contributed by atoms with Crippen molar-refractivity contribution in [3.05, 3.63) is 52.9 Å². The second kappa shape index (κ2) is 9.65. The molecule has 0 saturated heterocycles. The van der Waals surface area contributed by atoms with Crippen molar-refractivity contribution >= 4 is 28.5 Å². The number of rotatable bonds is 7. The number of amides is 2. The highest BCUT2D eigenvalue weighted by Gasteiger charge is 2.29. The fourth-order valence-electron chi connectivity index (χ4n) is 3.94. The van der Waals surface area contributed by atoms with Crippen molar-refractivity contribution in [3.8, 4) is 28.6 Å². The molecule has 0 aliphatic carbocycles. The normalized spacial score (nSPS) is 11.2. The number of aryl methyl sites for hydroxylation is 1. The quantitative estimate of drug-likeness (QED) is 0.283. The van der Waals surface area contributed by atoms with Gasteiger partial charge in [0.25, 0.3) is 11.8 Å². The van der Waals surface area contributed by atoms with Crippen LogP contribution in [0.1, 0.15) is 58.9 Å². The van der Waals surface area contributed by atoms with Crippen LogP contribution in [0, 0.1) is 6.92 Å². The molecule has 10 heteroatoms. The Hall–Kier alpha value is -4.47. The van der Waals surface area contributed by atoms with Gasteiger partial charge in [-0.25, -0.2) is 0 Å². The van der Waals surface area contributed by atoms with Crippen LogP contribution in [0.15, 0.2) is 39.3 Å². The maximum atomic E-state index is 13.3. The average Bonchev–Trinajstić information content (AvgIpc) is 3.39. The number of phenols is 2. The molecule has 0 spiro atoms. The summed E-state index contributed by atoms with van der Waals surface area (Å²) in [5, 5.41) is 30.7. The van der Waals surface area contributed by atoms with E-state index in [1.165, 1.54) is 12.1 Å². The summed E-state index contributed by atoms with van der Waals surface area (Å²) in [6, 6.07) is 7.90. The molecule has 0 aliphatic heterocycles. The predicted octanol–water partition coefficient (Wildman–Crippen LogP) is 4.94. The molecule has 10 nitrogen and oxygen atoms in total. The lowest BCUT2D eigenvalue weighted by Gasteiger charge is -2.12. The number of carbonyl (C=O) groups excluding carboxylic acids is 2. The highest BCUT2D eigenvalue weighted by molar-refractivity contribution is 6.11. The monoisotopic (exact) mass is 493 g/mol. The Balaban J connectivity index is 1.82. The van der Waals surface area contributed by atoms with Crippen molar-refractivity contribution in [1.29, 1.82) is 0 Å². The molecule has 0 radical (unpaired) electrons. The summed E-state index contributed by atoms with van der Waals surface area (Å²) in [5.41, 5.74) is 1.55. The molecule has 0 aliphatic rings. The van der Waals surface area contributed by atoms with Gasteiger partial charge in [0.1, 0.15) is 28.5 Å².